The van der Waals surface area contributed by atoms with E-state index < -0.39 is 7.29 Å². The molecule has 5 heteroatoms. The van der Waals surface area contributed by atoms with Crippen LogP contribution in [-0.2, 0) is 4.57 Å². The number of anilines is 1. The van der Waals surface area contributed by atoms with Gasteiger partial charge in [0, 0.05) is 22.1 Å². The van der Waals surface area contributed by atoms with Crippen molar-refractivity contribution in [2.75, 3.05) is 18.1 Å². The standard InChI is InChI=1S/C22H22NO2PS/c1-16-9-7-8-12-20(16)23-15-25-22-17(2)13-19(14-21(22)26(23,3)24)27-18-10-5-4-6-11-18/h4-14H,15H2,1-3H3. The second kappa shape index (κ2) is 7.10. The smallest absolute Gasteiger partial charge is 0.204 e. The highest BCUT2D eigenvalue weighted by Crippen LogP contribution is 2.53. The summed E-state index contributed by atoms with van der Waals surface area (Å²) in [7, 11) is -2.80. The Kier molecular flexibility index (Phi) is 4.79. The van der Waals surface area contributed by atoms with E-state index in [-0.39, 0.29) is 0 Å². The largest absolute Gasteiger partial charge is 0.472 e. The number of hydrogen-bond donors (Lipinski definition) is 0. The Morgan fingerprint density at radius 2 is 1.63 bits per heavy atom. The Morgan fingerprint density at radius 1 is 0.926 bits per heavy atom. The number of rotatable bonds is 3. The molecule has 0 amide bonds. The molecule has 0 radical (unpaired) electrons. The molecule has 0 saturated heterocycles. The fourth-order valence-electron chi connectivity index (χ4n) is 3.40. The van der Waals surface area contributed by atoms with Gasteiger partial charge in [-0.2, -0.15) is 0 Å². The van der Waals surface area contributed by atoms with Crippen molar-refractivity contribution in [2.45, 2.75) is 23.6 Å². The predicted octanol–water partition coefficient (Wildman–Crippen LogP) is 5.84. The molecule has 0 bridgehead atoms. The second-order valence-electron chi connectivity index (χ2n) is 6.84. The average molecular weight is 395 g/mol. The quantitative estimate of drug-likeness (QED) is 0.521. The molecule has 138 valence electrons. The van der Waals surface area contributed by atoms with E-state index in [1.165, 1.54) is 0 Å². The molecule has 0 saturated carbocycles. The number of fused-ring (bicyclic) bond motifs is 1. The van der Waals surface area contributed by atoms with Gasteiger partial charge in [0.05, 0.1) is 5.30 Å². The first-order valence-electron chi connectivity index (χ1n) is 8.89. The van der Waals surface area contributed by atoms with Crippen LogP contribution in [0.15, 0.2) is 76.5 Å². The van der Waals surface area contributed by atoms with Gasteiger partial charge in [-0.3, -0.25) is 9.24 Å². The van der Waals surface area contributed by atoms with Crippen LogP contribution >= 0.6 is 19.1 Å². The number of benzene rings is 3. The molecule has 0 fully saturated rings. The first-order valence-corrected chi connectivity index (χ1v) is 11.8. The Balaban J connectivity index is 1.77. The van der Waals surface area contributed by atoms with Crippen molar-refractivity contribution in [3.05, 3.63) is 77.9 Å². The van der Waals surface area contributed by atoms with Crippen LogP contribution in [0.25, 0.3) is 0 Å². The fourth-order valence-corrected chi connectivity index (χ4v) is 6.63. The van der Waals surface area contributed by atoms with Crippen molar-refractivity contribution >= 4 is 30.0 Å². The van der Waals surface area contributed by atoms with Crippen LogP contribution in [0.3, 0.4) is 0 Å². The van der Waals surface area contributed by atoms with Gasteiger partial charge in [0.2, 0.25) is 7.29 Å². The third-order valence-electron chi connectivity index (χ3n) is 4.84. The highest BCUT2D eigenvalue weighted by Gasteiger charge is 2.37. The molecule has 27 heavy (non-hydrogen) atoms. The molecule has 4 rings (SSSR count). The lowest BCUT2D eigenvalue weighted by Crippen LogP contribution is -2.36. The molecule has 0 aromatic heterocycles. The SMILES string of the molecule is Cc1ccccc1N1COc2c(C)cc(Sc3ccccc3)cc2P1(C)=O. The third-order valence-corrected chi connectivity index (χ3v) is 8.30. The van der Waals surface area contributed by atoms with E-state index in [4.69, 9.17) is 4.74 Å². The summed E-state index contributed by atoms with van der Waals surface area (Å²) in [5, 5.41) is 0.801. The van der Waals surface area contributed by atoms with Gasteiger partial charge in [-0.1, -0.05) is 48.2 Å². The van der Waals surface area contributed by atoms with E-state index in [2.05, 4.69) is 18.2 Å². The van der Waals surface area contributed by atoms with Gasteiger partial charge in [-0.05, 0) is 55.3 Å². The maximum absolute atomic E-state index is 13.9. The van der Waals surface area contributed by atoms with E-state index in [9.17, 15) is 4.57 Å². The molecular weight excluding hydrogens is 373 g/mol. The number of ether oxygens (including phenoxy) is 1. The van der Waals surface area contributed by atoms with Gasteiger partial charge in [0.15, 0.2) is 6.73 Å². The minimum absolute atomic E-state index is 0.303. The van der Waals surface area contributed by atoms with Crippen LogP contribution in [0.5, 0.6) is 5.75 Å². The zero-order valence-corrected chi connectivity index (χ0v) is 17.4. The van der Waals surface area contributed by atoms with E-state index in [1.54, 1.807) is 11.8 Å². The molecule has 0 N–H and O–H groups in total. The molecular formula is C22H22NO2PS. The molecule has 3 aromatic carbocycles. The van der Waals surface area contributed by atoms with Crippen LogP contribution in [0, 0.1) is 13.8 Å². The van der Waals surface area contributed by atoms with Crippen LogP contribution in [0.1, 0.15) is 11.1 Å². The molecule has 1 unspecified atom stereocenters. The number of para-hydroxylation sites is 1. The van der Waals surface area contributed by atoms with Gasteiger partial charge in [0.25, 0.3) is 0 Å². The Morgan fingerprint density at radius 3 is 2.37 bits per heavy atom. The van der Waals surface area contributed by atoms with E-state index in [0.717, 1.165) is 37.7 Å². The zero-order valence-electron chi connectivity index (χ0n) is 15.7. The van der Waals surface area contributed by atoms with Crippen LogP contribution in [0.4, 0.5) is 5.69 Å². The minimum Gasteiger partial charge on any atom is -0.472 e. The summed E-state index contributed by atoms with van der Waals surface area (Å²) in [6.45, 7) is 6.21. The van der Waals surface area contributed by atoms with Crippen LogP contribution in [0.2, 0.25) is 0 Å². The minimum atomic E-state index is -2.80. The molecule has 1 heterocycles. The lowest BCUT2D eigenvalue weighted by molar-refractivity contribution is 0.325. The Hall–Kier alpha value is -2.16. The van der Waals surface area contributed by atoms with Crippen molar-refractivity contribution in [2.24, 2.45) is 0 Å². The Bertz CT molecular complexity index is 1040. The molecule has 3 nitrogen and oxygen atoms in total. The molecule has 0 spiro atoms. The maximum atomic E-state index is 13.9. The zero-order chi connectivity index (χ0) is 19.0. The van der Waals surface area contributed by atoms with Crippen LogP contribution in [-0.4, -0.2) is 13.4 Å². The summed E-state index contributed by atoms with van der Waals surface area (Å²) in [5.41, 5.74) is 3.09. The lowest BCUT2D eigenvalue weighted by Gasteiger charge is -2.38. The highest BCUT2D eigenvalue weighted by molar-refractivity contribution is 7.99. The van der Waals surface area contributed by atoms with Crippen molar-refractivity contribution in [1.29, 1.82) is 0 Å². The lowest BCUT2D eigenvalue weighted by atomic mass is 10.2. The van der Waals surface area contributed by atoms with Gasteiger partial charge >= 0.3 is 0 Å². The third kappa shape index (κ3) is 3.40. The number of hydrogen-bond acceptors (Lipinski definition) is 3. The summed E-state index contributed by atoms with van der Waals surface area (Å²) in [5.74, 6) is 0.767. The molecule has 1 atom stereocenters. The Labute approximate surface area is 164 Å². The van der Waals surface area contributed by atoms with Crippen molar-refractivity contribution in [3.63, 3.8) is 0 Å². The first kappa shape index (κ1) is 18.2. The predicted molar refractivity (Wildman–Crippen MR) is 114 cm³/mol. The monoisotopic (exact) mass is 395 g/mol. The van der Waals surface area contributed by atoms with Gasteiger partial charge in [-0.15, -0.1) is 0 Å². The molecule has 1 aliphatic rings. The number of nitrogens with zero attached hydrogens (tertiary/aromatic N) is 1. The topological polar surface area (TPSA) is 29.5 Å². The summed E-state index contributed by atoms with van der Waals surface area (Å²) < 4.78 is 21.9. The summed E-state index contributed by atoms with van der Waals surface area (Å²) >= 11 is 1.68. The number of aryl methyl sites for hydroxylation is 2. The normalized spacial score (nSPS) is 18.7. The molecule has 1 aliphatic heterocycles. The fraction of sp³-hybridized carbons (Fsp3) is 0.182. The van der Waals surface area contributed by atoms with Crippen molar-refractivity contribution < 1.29 is 9.30 Å². The van der Waals surface area contributed by atoms with Gasteiger partial charge in [-0.25, -0.2) is 0 Å². The molecule has 0 aliphatic carbocycles. The van der Waals surface area contributed by atoms with E-state index in [1.807, 2.05) is 73.7 Å². The van der Waals surface area contributed by atoms with Gasteiger partial charge in [0.1, 0.15) is 5.75 Å². The first-order chi connectivity index (χ1) is 13.0. The van der Waals surface area contributed by atoms with Crippen molar-refractivity contribution in [1.82, 2.24) is 0 Å². The second-order valence-corrected chi connectivity index (χ2v) is 10.7. The average Bonchev–Trinajstić information content (AvgIpc) is 2.64. The van der Waals surface area contributed by atoms with Crippen LogP contribution < -0.4 is 14.7 Å². The van der Waals surface area contributed by atoms with E-state index >= 15 is 0 Å². The maximum Gasteiger partial charge on any atom is 0.204 e. The summed E-state index contributed by atoms with van der Waals surface area (Å²) in [6, 6.07) is 22.4. The van der Waals surface area contributed by atoms with Gasteiger partial charge < -0.3 is 4.74 Å². The van der Waals surface area contributed by atoms with E-state index in [0.29, 0.717) is 6.73 Å². The summed E-state index contributed by atoms with van der Waals surface area (Å²) in [6.07, 6.45) is 0. The summed E-state index contributed by atoms with van der Waals surface area (Å²) in [4.78, 5) is 2.24. The highest BCUT2D eigenvalue weighted by atomic mass is 32.2. The van der Waals surface area contributed by atoms with Crippen molar-refractivity contribution in [3.8, 4) is 5.75 Å². The molecule has 3 aromatic rings.